The molecule has 2 aromatic carbocycles. The Kier molecular flexibility index (Phi) is 6.86. The van der Waals surface area contributed by atoms with Gasteiger partial charge in [0.1, 0.15) is 12.4 Å². The second-order valence-electron chi connectivity index (χ2n) is 6.91. The number of ether oxygens (including phenoxy) is 2. The summed E-state index contributed by atoms with van der Waals surface area (Å²) in [6.07, 6.45) is 2.34. The molecule has 4 aromatic rings. The van der Waals surface area contributed by atoms with Gasteiger partial charge in [0.25, 0.3) is 0 Å². The van der Waals surface area contributed by atoms with Crippen molar-refractivity contribution >= 4 is 11.6 Å². The number of aromatic nitrogens is 3. The number of rotatable bonds is 10. The van der Waals surface area contributed by atoms with Gasteiger partial charge in [-0.25, -0.2) is 4.98 Å². The highest BCUT2D eigenvalue weighted by Crippen LogP contribution is 2.29. The molecule has 0 saturated carbocycles. The Morgan fingerprint density at radius 3 is 2.68 bits per heavy atom. The zero-order valence-electron chi connectivity index (χ0n) is 17.1. The zero-order chi connectivity index (χ0) is 21.5. The highest BCUT2D eigenvalue weighted by Gasteiger charge is 2.09. The van der Waals surface area contributed by atoms with Crippen LogP contribution in [0, 0.1) is 0 Å². The van der Waals surface area contributed by atoms with Crippen molar-refractivity contribution in [1.82, 2.24) is 20.5 Å². The number of furan rings is 1. The first-order valence-corrected chi connectivity index (χ1v) is 10.3. The minimum absolute atomic E-state index is 0.447. The molecule has 2 heterocycles. The van der Waals surface area contributed by atoms with Crippen LogP contribution in [0.4, 0.5) is 0 Å². The molecule has 2 aromatic heterocycles. The van der Waals surface area contributed by atoms with E-state index in [2.05, 4.69) is 20.5 Å². The van der Waals surface area contributed by atoms with E-state index in [0.29, 0.717) is 41.3 Å². The van der Waals surface area contributed by atoms with Gasteiger partial charge in [0, 0.05) is 24.5 Å². The molecule has 0 aliphatic carbocycles. The molecular weight excluding hydrogens is 416 g/mol. The smallest absolute Gasteiger partial charge is 0.216 e. The van der Waals surface area contributed by atoms with Crippen LogP contribution >= 0.6 is 11.6 Å². The van der Waals surface area contributed by atoms with Crippen LogP contribution in [0.2, 0.25) is 5.02 Å². The Hall–Kier alpha value is -3.29. The standard InChI is InChI=1S/C23H23ClN4O3/c1-29-21-13-17(6-9-19(21)31-15-16-4-7-18(24)8-5-16)14-25-11-10-22-26-23(28-27-22)20-3-2-12-30-20/h2-9,12-13,25H,10-11,14-15H2,1H3,(H,26,27,28). The van der Waals surface area contributed by atoms with Crippen LogP contribution in [0.5, 0.6) is 11.5 Å². The summed E-state index contributed by atoms with van der Waals surface area (Å²) in [7, 11) is 1.64. The number of halogens is 1. The van der Waals surface area contributed by atoms with Gasteiger partial charge in [-0.1, -0.05) is 29.8 Å². The average molecular weight is 439 g/mol. The highest BCUT2D eigenvalue weighted by molar-refractivity contribution is 6.30. The predicted molar refractivity (Wildman–Crippen MR) is 118 cm³/mol. The number of nitrogens with zero attached hydrogens (tertiary/aromatic N) is 2. The number of hydrogen-bond donors (Lipinski definition) is 2. The van der Waals surface area contributed by atoms with Crippen molar-refractivity contribution in [1.29, 1.82) is 0 Å². The quantitative estimate of drug-likeness (QED) is 0.351. The third-order valence-electron chi connectivity index (χ3n) is 4.68. The van der Waals surface area contributed by atoms with Crippen LogP contribution < -0.4 is 14.8 Å². The lowest BCUT2D eigenvalue weighted by molar-refractivity contribution is 0.284. The summed E-state index contributed by atoms with van der Waals surface area (Å²) >= 11 is 5.92. The predicted octanol–water partition coefficient (Wildman–Crippen LogP) is 4.64. The highest BCUT2D eigenvalue weighted by atomic mass is 35.5. The Labute approximate surface area is 185 Å². The van der Waals surface area contributed by atoms with Gasteiger partial charge in [-0.15, -0.1) is 0 Å². The van der Waals surface area contributed by atoms with Gasteiger partial charge in [0.15, 0.2) is 17.3 Å². The summed E-state index contributed by atoms with van der Waals surface area (Å²) in [5, 5.41) is 11.2. The van der Waals surface area contributed by atoms with E-state index in [1.54, 1.807) is 13.4 Å². The molecule has 160 valence electrons. The minimum atomic E-state index is 0.447. The molecule has 0 atom stereocenters. The van der Waals surface area contributed by atoms with Gasteiger partial charge < -0.3 is 19.2 Å². The van der Waals surface area contributed by atoms with Crippen molar-refractivity contribution in [2.75, 3.05) is 13.7 Å². The SMILES string of the molecule is COc1cc(CNCCc2nc(-c3ccco3)n[nH]2)ccc1OCc1ccc(Cl)cc1. The molecule has 8 heteroatoms. The lowest BCUT2D eigenvalue weighted by Crippen LogP contribution is -2.17. The van der Waals surface area contributed by atoms with Crippen molar-refractivity contribution in [3.8, 4) is 23.1 Å². The summed E-state index contributed by atoms with van der Waals surface area (Å²) in [5.74, 6) is 3.43. The Morgan fingerprint density at radius 1 is 1.06 bits per heavy atom. The van der Waals surface area contributed by atoms with Crippen molar-refractivity contribution in [2.45, 2.75) is 19.6 Å². The van der Waals surface area contributed by atoms with Crippen molar-refractivity contribution in [3.63, 3.8) is 0 Å². The summed E-state index contributed by atoms with van der Waals surface area (Å²) in [6.45, 7) is 1.90. The van der Waals surface area contributed by atoms with E-state index in [4.69, 9.17) is 25.5 Å². The van der Waals surface area contributed by atoms with E-state index in [1.165, 1.54) is 0 Å². The van der Waals surface area contributed by atoms with Crippen LogP contribution in [-0.4, -0.2) is 28.8 Å². The molecule has 4 rings (SSSR count). The van der Waals surface area contributed by atoms with E-state index < -0.39 is 0 Å². The molecule has 0 fully saturated rings. The van der Waals surface area contributed by atoms with Gasteiger partial charge in [0.2, 0.25) is 5.82 Å². The number of aromatic amines is 1. The molecule has 0 saturated heterocycles. The van der Waals surface area contributed by atoms with E-state index >= 15 is 0 Å². The maximum atomic E-state index is 5.92. The van der Waals surface area contributed by atoms with E-state index in [1.807, 2.05) is 54.6 Å². The molecule has 0 bridgehead atoms. The Bertz CT molecular complexity index is 1090. The molecule has 2 N–H and O–H groups in total. The molecule has 0 radical (unpaired) electrons. The normalized spacial score (nSPS) is 10.9. The topological polar surface area (TPSA) is 85.2 Å². The van der Waals surface area contributed by atoms with Gasteiger partial charge in [-0.05, 0) is 47.5 Å². The number of benzene rings is 2. The van der Waals surface area contributed by atoms with Crippen molar-refractivity contribution < 1.29 is 13.9 Å². The van der Waals surface area contributed by atoms with Crippen LogP contribution in [-0.2, 0) is 19.6 Å². The molecule has 0 aliphatic rings. The first-order valence-electron chi connectivity index (χ1n) is 9.91. The summed E-state index contributed by atoms with van der Waals surface area (Å²) in [6, 6.07) is 17.2. The van der Waals surface area contributed by atoms with E-state index in [-0.39, 0.29) is 0 Å². The number of methoxy groups -OCH3 is 1. The molecule has 0 spiro atoms. The lowest BCUT2D eigenvalue weighted by atomic mass is 10.2. The van der Waals surface area contributed by atoms with Crippen LogP contribution in [0.3, 0.4) is 0 Å². The van der Waals surface area contributed by atoms with Gasteiger partial charge in [-0.3, -0.25) is 5.10 Å². The first kappa shape index (κ1) is 21.0. The fraction of sp³-hybridized carbons (Fsp3) is 0.217. The van der Waals surface area contributed by atoms with Crippen LogP contribution in [0.1, 0.15) is 17.0 Å². The molecule has 0 unspecified atom stereocenters. The largest absolute Gasteiger partial charge is 0.493 e. The molecule has 0 aliphatic heterocycles. The third-order valence-corrected chi connectivity index (χ3v) is 4.93. The van der Waals surface area contributed by atoms with Crippen molar-refractivity contribution in [2.24, 2.45) is 0 Å². The Morgan fingerprint density at radius 2 is 1.90 bits per heavy atom. The van der Waals surface area contributed by atoms with Gasteiger partial charge in [-0.2, -0.15) is 5.10 Å². The molecular formula is C23H23ClN4O3. The molecule has 7 nitrogen and oxygen atoms in total. The Balaban J connectivity index is 1.26. The summed E-state index contributed by atoms with van der Waals surface area (Å²) < 4.78 is 16.7. The van der Waals surface area contributed by atoms with Crippen LogP contribution in [0.15, 0.2) is 65.3 Å². The zero-order valence-corrected chi connectivity index (χ0v) is 17.9. The van der Waals surface area contributed by atoms with Gasteiger partial charge >= 0.3 is 0 Å². The lowest BCUT2D eigenvalue weighted by Gasteiger charge is -2.13. The maximum Gasteiger partial charge on any atom is 0.216 e. The molecule has 31 heavy (non-hydrogen) atoms. The second-order valence-corrected chi connectivity index (χ2v) is 7.35. The first-order chi connectivity index (χ1) is 15.2. The van der Waals surface area contributed by atoms with Crippen molar-refractivity contribution in [3.05, 3.63) is 82.8 Å². The van der Waals surface area contributed by atoms with Gasteiger partial charge in [0.05, 0.1) is 13.4 Å². The minimum Gasteiger partial charge on any atom is -0.493 e. The maximum absolute atomic E-state index is 5.92. The summed E-state index contributed by atoms with van der Waals surface area (Å²) in [5.41, 5.74) is 2.14. The molecule has 0 amide bonds. The fourth-order valence-corrected chi connectivity index (χ4v) is 3.17. The van der Waals surface area contributed by atoms with E-state index in [0.717, 1.165) is 29.9 Å². The average Bonchev–Trinajstić information content (AvgIpc) is 3.49. The van der Waals surface area contributed by atoms with Crippen LogP contribution in [0.25, 0.3) is 11.6 Å². The van der Waals surface area contributed by atoms with E-state index in [9.17, 15) is 0 Å². The monoisotopic (exact) mass is 438 g/mol. The summed E-state index contributed by atoms with van der Waals surface area (Å²) in [4.78, 5) is 4.44. The number of nitrogens with one attached hydrogen (secondary N) is 2. The second kappa shape index (κ2) is 10.1. The number of hydrogen-bond acceptors (Lipinski definition) is 6. The number of H-pyrrole nitrogens is 1. The fourth-order valence-electron chi connectivity index (χ4n) is 3.05. The third kappa shape index (κ3) is 5.65.